The van der Waals surface area contributed by atoms with Crippen LogP contribution < -0.4 is 4.74 Å². The Morgan fingerprint density at radius 2 is 2.04 bits per heavy atom. The first-order valence-electron chi connectivity index (χ1n) is 7.82. The second kappa shape index (κ2) is 7.84. The Labute approximate surface area is 145 Å². The van der Waals surface area contributed by atoms with Crippen molar-refractivity contribution >= 4 is 17.2 Å². The molecule has 4 nitrogen and oxygen atoms in total. The number of ether oxygens (including phenoxy) is 1. The van der Waals surface area contributed by atoms with Crippen molar-refractivity contribution in [1.82, 2.24) is 4.90 Å². The van der Waals surface area contributed by atoms with Crippen LogP contribution in [0.25, 0.3) is 0 Å². The molecule has 0 bridgehead atoms. The van der Waals surface area contributed by atoms with Crippen LogP contribution in [0.5, 0.6) is 5.75 Å². The maximum absolute atomic E-state index is 13.1. The fraction of sp³-hybridized carbons (Fsp3) is 0.211. The van der Waals surface area contributed by atoms with Gasteiger partial charge in [-0.25, -0.2) is 0 Å². The molecule has 0 atom stereocenters. The fourth-order valence-electron chi connectivity index (χ4n) is 2.49. The van der Waals surface area contributed by atoms with Crippen LogP contribution in [0, 0.1) is 0 Å². The number of thiophene rings is 1. The topological polar surface area (TPSA) is 42.7 Å². The predicted octanol–water partition coefficient (Wildman–Crippen LogP) is 4.58. The summed E-state index contributed by atoms with van der Waals surface area (Å²) in [5.41, 5.74) is 1.55. The maximum atomic E-state index is 13.1. The molecular formula is C19H19NO3S. The molecule has 3 rings (SSSR count). The van der Waals surface area contributed by atoms with Crippen molar-refractivity contribution in [2.45, 2.75) is 20.0 Å². The highest BCUT2D eigenvalue weighted by atomic mass is 32.1. The number of amides is 1. The molecule has 24 heavy (non-hydrogen) atoms. The summed E-state index contributed by atoms with van der Waals surface area (Å²) in [7, 11) is 0. The average Bonchev–Trinajstić information content (AvgIpc) is 3.28. The van der Waals surface area contributed by atoms with Gasteiger partial charge in [-0.3, -0.25) is 4.79 Å². The van der Waals surface area contributed by atoms with E-state index in [-0.39, 0.29) is 5.91 Å². The van der Waals surface area contributed by atoms with Gasteiger partial charge in [-0.05, 0) is 36.6 Å². The molecule has 0 spiro atoms. The third-order valence-corrected chi connectivity index (χ3v) is 4.45. The highest BCUT2D eigenvalue weighted by Gasteiger charge is 2.20. The van der Waals surface area contributed by atoms with Crippen LogP contribution >= 0.6 is 11.3 Å². The van der Waals surface area contributed by atoms with Gasteiger partial charge in [-0.1, -0.05) is 18.2 Å². The summed E-state index contributed by atoms with van der Waals surface area (Å²) in [6.07, 6.45) is 3.29. The lowest BCUT2D eigenvalue weighted by Crippen LogP contribution is -2.30. The molecule has 5 heteroatoms. The van der Waals surface area contributed by atoms with Gasteiger partial charge in [0.05, 0.1) is 31.2 Å². The molecule has 2 aromatic heterocycles. The first-order valence-corrected chi connectivity index (χ1v) is 8.70. The van der Waals surface area contributed by atoms with Gasteiger partial charge < -0.3 is 14.1 Å². The lowest BCUT2D eigenvalue weighted by Gasteiger charge is -2.23. The number of benzene rings is 1. The van der Waals surface area contributed by atoms with E-state index in [2.05, 4.69) is 0 Å². The number of nitrogens with zero attached hydrogens (tertiary/aromatic N) is 1. The summed E-state index contributed by atoms with van der Waals surface area (Å²) in [6.45, 7) is 3.49. The minimum atomic E-state index is -0.0475. The van der Waals surface area contributed by atoms with Gasteiger partial charge in [-0.15, -0.1) is 11.3 Å². The number of hydrogen-bond acceptors (Lipinski definition) is 4. The largest absolute Gasteiger partial charge is 0.493 e. The van der Waals surface area contributed by atoms with Crippen molar-refractivity contribution in [1.29, 1.82) is 0 Å². The Morgan fingerprint density at radius 1 is 1.17 bits per heavy atom. The zero-order chi connectivity index (χ0) is 16.8. The smallest absolute Gasteiger partial charge is 0.258 e. The van der Waals surface area contributed by atoms with Crippen molar-refractivity contribution in [3.8, 4) is 5.75 Å². The Balaban J connectivity index is 1.87. The van der Waals surface area contributed by atoms with Crippen molar-refractivity contribution in [3.05, 3.63) is 76.4 Å². The van der Waals surface area contributed by atoms with Gasteiger partial charge in [-0.2, -0.15) is 0 Å². The van der Waals surface area contributed by atoms with E-state index in [1.807, 2.05) is 59.7 Å². The van der Waals surface area contributed by atoms with Gasteiger partial charge in [0.15, 0.2) is 0 Å². The Bertz CT molecular complexity index is 730. The minimum Gasteiger partial charge on any atom is -0.493 e. The molecule has 1 aromatic carbocycles. The zero-order valence-corrected chi connectivity index (χ0v) is 14.3. The van der Waals surface area contributed by atoms with Crippen LogP contribution in [0.2, 0.25) is 0 Å². The summed E-state index contributed by atoms with van der Waals surface area (Å²) >= 11 is 1.64. The molecule has 3 aromatic rings. The number of para-hydroxylation sites is 1. The SMILES string of the molecule is CCOc1ccccc1C(=O)N(Cc1ccoc1)Cc1cccs1. The van der Waals surface area contributed by atoms with Crippen LogP contribution in [0.1, 0.15) is 27.7 Å². The van der Waals surface area contributed by atoms with Crippen LogP contribution in [0.3, 0.4) is 0 Å². The van der Waals surface area contributed by atoms with Crippen LogP contribution in [0.15, 0.2) is 64.8 Å². The van der Waals surface area contributed by atoms with Gasteiger partial charge in [0.1, 0.15) is 5.75 Å². The Hall–Kier alpha value is -2.53. The van der Waals surface area contributed by atoms with E-state index in [4.69, 9.17) is 9.15 Å². The van der Waals surface area contributed by atoms with E-state index in [1.165, 1.54) is 0 Å². The second-order valence-electron chi connectivity index (χ2n) is 5.30. The molecular weight excluding hydrogens is 322 g/mol. The fourth-order valence-corrected chi connectivity index (χ4v) is 3.21. The molecule has 0 saturated heterocycles. The first-order chi connectivity index (χ1) is 11.8. The summed E-state index contributed by atoms with van der Waals surface area (Å²) < 4.78 is 10.8. The molecule has 0 aliphatic heterocycles. The van der Waals surface area contributed by atoms with Crippen LogP contribution in [-0.2, 0) is 13.1 Å². The third-order valence-electron chi connectivity index (χ3n) is 3.58. The van der Waals surface area contributed by atoms with Crippen LogP contribution in [-0.4, -0.2) is 17.4 Å². The monoisotopic (exact) mass is 341 g/mol. The average molecular weight is 341 g/mol. The van der Waals surface area contributed by atoms with Crippen LogP contribution in [0.4, 0.5) is 0 Å². The normalized spacial score (nSPS) is 10.5. The predicted molar refractivity (Wildman–Crippen MR) is 94.2 cm³/mol. The number of hydrogen-bond donors (Lipinski definition) is 0. The molecule has 0 radical (unpaired) electrons. The zero-order valence-electron chi connectivity index (χ0n) is 13.5. The molecule has 1 amide bonds. The molecule has 124 valence electrons. The highest BCUT2D eigenvalue weighted by Crippen LogP contribution is 2.23. The van der Waals surface area contributed by atoms with Gasteiger partial charge in [0, 0.05) is 17.0 Å². The standard InChI is InChI=1S/C19H19NO3S/c1-2-23-18-8-4-3-7-17(18)19(21)20(12-15-9-10-22-14-15)13-16-6-5-11-24-16/h3-11,14H,2,12-13H2,1H3. The second-order valence-corrected chi connectivity index (χ2v) is 6.33. The number of carbonyl (C=O) groups is 1. The summed E-state index contributed by atoms with van der Waals surface area (Å²) in [5.74, 6) is 0.571. The lowest BCUT2D eigenvalue weighted by molar-refractivity contribution is 0.0727. The van der Waals surface area contributed by atoms with Crippen molar-refractivity contribution in [2.75, 3.05) is 6.61 Å². The first kappa shape index (κ1) is 16.3. The van der Waals surface area contributed by atoms with E-state index in [0.29, 0.717) is 31.0 Å². The molecule has 0 aliphatic carbocycles. The van der Waals surface area contributed by atoms with E-state index >= 15 is 0 Å². The van der Waals surface area contributed by atoms with E-state index in [0.717, 1.165) is 10.4 Å². The Kier molecular flexibility index (Phi) is 5.33. The van der Waals surface area contributed by atoms with E-state index in [9.17, 15) is 4.79 Å². The molecule has 0 unspecified atom stereocenters. The minimum absolute atomic E-state index is 0.0475. The molecule has 0 N–H and O–H groups in total. The number of rotatable bonds is 7. The molecule has 0 saturated carbocycles. The summed E-state index contributed by atoms with van der Waals surface area (Å²) in [4.78, 5) is 16.1. The maximum Gasteiger partial charge on any atom is 0.258 e. The van der Waals surface area contributed by atoms with E-state index in [1.54, 1.807) is 23.9 Å². The van der Waals surface area contributed by atoms with E-state index < -0.39 is 0 Å². The summed E-state index contributed by atoms with van der Waals surface area (Å²) in [6, 6.07) is 13.3. The Morgan fingerprint density at radius 3 is 2.75 bits per heavy atom. The van der Waals surface area contributed by atoms with Gasteiger partial charge >= 0.3 is 0 Å². The summed E-state index contributed by atoms with van der Waals surface area (Å²) in [5, 5.41) is 2.02. The number of carbonyl (C=O) groups excluding carboxylic acids is 1. The highest BCUT2D eigenvalue weighted by molar-refractivity contribution is 7.09. The van der Waals surface area contributed by atoms with Gasteiger partial charge in [0.2, 0.25) is 0 Å². The lowest BCUT2D eigenvalue weighted by atomic mass is 10.1. The van der Waals surface area contributed by atoms with Gasteiger partial charge in [0.25, 0.3) is 5.91 Å². The van der Waals surface area contributed by atoms with Crippen molar-refractivity contribution in [2.24, 2.45) is 0 Å². The number of furan rings is 1. The molecule has 0 fully saturated rings. The van der Waals surface area contributed by atoms with Crippen molar-refractivity contribution < 1.29 is 13.9 Å². The molecule has 0 aliphatic rings. The molecule has 2 heterocycles. The quantitative estimate of drug-likeness (QED) is 0.631. The van der Waals surface area contributed by atoms with Crippen molar-refractivity contribution in [3.63, 3.8) is 0 Å². The third kappa shape index (κ3) is 3.86.